The Morgan fingerprint density at radius 2 is 1.63 bits per heavy atom. The zero-order valence-corrected chi connectivity index (χ0v) is 33.8. The van der Waals surface area contributed by atoms with Crippen LogP contribution in [0.15, 0.2) is 41.5 Å². The zero-order chi connectivity index (χ0) is 39.8. The Morgan fingerprint density at radius 1 is 1.00 bits per heavy atom. The number of esters is 2. The highest BCUT2D eigenvalue weighted by Gasteiger charge is 2.83. The van der Waals surface area contributed by atoms with Crippen molar-refractivity contribution in [2.24, 2.45) is 16.7 Å². The zero-order valence-electron chi connectivity index (χ0n) is 32.8. The summed E-state index contributed by atoms with van der Waals surface area (Å²) in [5, 5.41) is 12.1. The number of carbonyl (C=O) groups is 5. The van der Waals surface area contributed by atoms with Crippen LogP contribution >= 0.6 is 0 Å². The molecule has 1 aromatic rings. The summed E-state index contributed by atoms with van der Waals surface area (Å²) in [6.07, 6.45) is -10.00. The molecule has 2 aliphatic heterocycles. The molecule has 1 N–H and O–H groups in total. The van der Waals surface area contributed by atoms with Gasteiger partial charge in [-0.3, -0.25) is 9.59 Å². The fourth-order valence-electron chi connectivity index (χ4n) is 10.1. The first-order valence-corrected chi connectivity index (χ1v) is 21.3. The van der Waals surface area contributed by atoms with Gasteiger partial charge in [-0.05, 0) is 55.3 Å². The van der Waals surface area contributed by atoms with Gasteiger partial charge in [0.15, 0.2) is 38.0 Å². The van der Waals surface area contributed by atoms with E-state index in [0.29, 0.717) is 0 Å². The Kier molecular flexibility index (Phi) is 10.2. The van der Waals surface area contributed by atoms with E-state index in [2.05, 4.69) is 20.8 Å². The summed E-state index contributed by atoms with van der Waals surface area (Å²) >= 11 is 0. The first-order chi connectivity index (χ1) is 25.3. The van der Waals surface area contributed by atoms with Crippen LogP contribution in [-0.2, 0) is 42.4 Å². The highest BCUT2D eigenvalue weighted by molar-refractivity contribution is 6.73. The Hall–Kier alpha value is -3.79. The SMILES string of the molecule is CC[Si](CC)(CC)O[C@H]1C[C@H]2OC[C@@]2(OC(C)=O)C2[C@H](OC(=O)c3ccccc3)[C@]34OC(=O)O[C@H]3[C@H](O)C(C)=C([C@@H](OC(=O)N(C)C)C(=O)[C@@]21C)C4(C)C. The molecule has 1 unspecified atom stereocenters. The summed E-state index contributed by atoms with van der Waals surface area (Å²) in [6, 6.07) is 10.3. The summed E-state index contributed by atoms with van der Waals surface area (Å²) in [7, 11) is 0.389. The number of aliphatic hydroxyl groups excluding tert-OH is 1. The fraction of sp³-hybridized carbons (Fsp3) is 0.667. The van der Waals surface area contributed by atoms with E-state index in [1.165, 1.54) is 25.9 Å². The van der Waals surface area contributed by atoms with Gasteiger partial charge in [-0.25, -0.2) is 14.4 Å². The van der Waals surface area contributed by atoms with E-state index in [0.717, 1.165) is 18.1 Å². The van der Waals surface area contributed by atoms with Crippen molar-refractivity contribution in [3.63, 3.8) is 0 Å². The van der Waals surface area contributed by atoms with Crippen LogP contribution in [0.3, 0.4) is 0 Å². The molecule has 5 aliphatic rings. The summed E-state index contributed by atoms with van der Waals surface area (Å²) in [6.45, 7) is 13.8. The van der Waals surface area contributed by atoms with Crippen molar-refractivity contribution in [3.05, 3.63) is 47.0 Å². The number of amides is 1. The number of rotatable bonds is 9. The maximum absolute atomic E-state index is 16.0. The lowest BCUT2D eigenvalue weighted by Crippen LogP contribution is -2.83. The molecule has 296 valence electrons. The lowest BCUT2D eigenvalue weighted by atomic mass is 9.44. The molecule has 1 aromatic carbocycles. The molecule has 4 fully saturated rings. The fourth-order valence-corrected chi connectivity index (χ4v) is 13.1. The molecule has 6 rings (SSSR count). The third-order valence-electron chi connectivity index (χ3n) is 13.3. The number of carbonyl (C=O) groups excluding carboxylic acids is 5. The first kappa shape index (κ1) is 39.9. The smallest absolute Gasteiger partial charge is 0.454 e. The molecular weight excluding hydrogens is 719 g/mol. The first-order valence-electron chi connectivity index (χ1n) is 18.8. The van der Waals surface area contributed by atoms with Crippen LogP contribution in [0.4, 0.5) is 9.59 Å². The van der Waals surface area contributed by atoms with Gasteiger partial charge in [-0.2, -0.15) is 0 Å². The van der Waals surface area contributed by atoms with Crippen molar-refractivity contribution >= 4 is 38.3 Å². The van der Waals surface area contributed by atoms with Crippen LogP contribution in [0.1, 0.15) is 72.2 Å². The molecule has 10 atom stereocenters. The van der Waals surface area contributed by atoms with Crippen LogP contribution in [0.5, 0.6) is 0 Å². The number of nitrogens with zero attached hydrogens (tertiary/aromatic N) is 1. The van der Waals surface area contributed by atoms with Gasteiger partial charge >= 0.3 is 24.2 Å². The van der Waals surface area contributed by atoms with Crippen LogP contribution in [-0.4, -0.2) is 117 Å². The minimum absolute atomic E-state index is 0.116. The molecule has 1 amide bonds. The standard InChI is InChI=1S/C39H53NO13Si/c1-11-54(12-2,13-3)53-24-19-25-38(20-47-25,51-22(5)41)29-32(49-33(44)23-17-15-14-16-18-23)39-31(50-35(46)52-39)27(42)21(4)26(36(39,6)7)28(30(43)37(24,29)8)48-34(45)40(9)10/h14-18,24-25,27-29,31-32,42H,11-13,19-20H2,1-10H3/t24-,25+,27+,28+,29?,31-,32-,37+,38-,39+/m0/s1. The molecule has 0 radical (unpaired) electrons. The van der Waals surface area contributed by atoms with Crippen LogP contribution in [0.2, 0.25) is 18.1 Å². The average Bonchev–Trinajstić information content (AvgIpc) is 3.50. The predicted molar refractivity (Wildman–Crippen MR) is 194 cm³/mol. The van der Waals surface area contributed by atoms with Gasteiger partial charge in [0.25, 0.3) is 0 Å². The second kappa shape index (κ2) is 13.7. The number of ketones is 1. The second-order valence-corrected chi connectivity index (χ2v) is 21.0. The Labute approximate surface area is 316 Å². The summed E-state index contributed by atoms with van der Waals surface area (Å²) in [5.74, 6) is -3.47. The molecule has 1 spiro atoms. The third-order valence-corrected chi connectivity index (χ3v) is 17.9. The van der Waals surface area contributed by atoms with E-state index in [4.69, 9.17) is 32.8 Å². The van der Waals surface area contributed by atoms with Gasteiger partial charge in [0.1, 0.15) is 12.2 Å². The van der Waals surface area contributed by atoms with E-state index in [-0.39, 0.29) is 29.7 Å². The van der Waals surface area contributed by atoms with Crippen molar-refractivity contribution in [1.29, 1.82) is 0 Å². The van der Waals surface area contributed by atoms with Gasteiger partial charge in [-0.15, -0.1) is 0 Å². The van der Waals surface area contributed by atoms with Gasteiger partial charge in [0, 0.05) is 32.9 Å². The quantitative estimate of drug-likeness (QED) is 0.155. The Balaban J connectivity index is 1.75. The monoisotopic (exact) mass is 771 g/mol. The second-order valence-electron chi connectivity index (χ2n) is 16.3. The van der Waals surface area contributed by atoms with Gasteiger partial charge in [0.05, 0.1) is 29.6 Å². The normalized spacial score (nSPS) is 36.5. The number of benzene rings is 1. The lowest BCUT2D eigenvalue weighted by Gasteiger charge is -2.68. The summed E-state index contributed by atoms with van der Waals surface area (Å²) in [5.41, 5.74) is -6.47. The number of hydrogen-bond donors (Lipinski definition) is 1. The van der Waals surface area contributed by atoms with Gasteiger partial charge in [0.2, 0.25) is 5.60 Å². The van der Waals surface area contributed by atoms with E-state index in [9.17, 15) is 24.3 Å². The summed E-state index contributed by atoms with van der Waals surface area (Å²) < 4.78 is 44.7. The molecule has 2 bridgehead atoms. The van der Waals surface area contributed by atoms with Gasteiger partial charge < -0.3 is 42.9 Å². The predicted octanol–water partition coefficient (Wildman–Crippen LogP) is 4.97. The maximum Gasteiger partial charge on any atom is 0.509 e. The molecule has 2 heterocycles. The van der Waals surface area contributed by atoms with Crippen molar-refractivity contribution in [3.8, 4) is 0 Å². The number of fused-ring (bicyclic) bond motifs is 4. The van der Waals surface area contributed by atoms with Crippen molar-refractivity contribution in [2.45, 2.75) is 128 Å². The van der Waals surface area contributed by atoms with Crippen LogP contribution < -0.4 is 0 Å². The highest BCUT2D eigenvalue weighted by Crippen LogP contribution is 2.67. The molecule has 14 nitrogen and oxygen atoms in total. The third kappa shape index (κ3) is 5.54. The molecule has 3 aliphatic carbocycles. The van der Waals surface area contributed by atoms with Gasteiger partial charge in [-0.1, -0.05) is 52.8 Å². The maximum atomic E-state index is 16.0. The van der Waals surface area contributed by atoms with Crippen molar-refractivity contribution < 1.29 is 61.9 Å². The highest BCUT2D eigenvalue weighted by atomic mass is 28.4. The minimum Gasteiger partial charge on any atom is -0.454 e. The van der Waals surface area contributed by atoms with Crippen molar-refractivity contribution in [1.82, 2.24) is 4.90 Å². The minimum atomic E-state index is -2.57. The largest absolute Gasteiger partial charge is 0.509 e. The number of Topliss-reactive ketones (excluding diaryl/α,β-unsaturated/α-hetero) is 1. The molecule has 2 saturated heterocycles. The molecular formula is C39H53NO13Si. The molecule has 2 saturated carbocycles. The lowest BCUT2D eigenvalue weighted by molar-refractivity contribution is -0.344. The Morgan fingerprint density at radius 3 is 2.17 bits per heavy atom. The van der Waals surface area contributed by atoms with Crippen LogP contribution in [0.25, 0.3) is 0 Å². The van der Waals surface area contributed by atoms with Crippen LogP contribution in [0, 0.1) is 16.7 Å². The van der Waals surface area contributed by atoms with E-state index >= 15 is 4.79 Å². The topological polar surface area (TPSA) is 173 Å². The number of aliphatic hydroxyl groups is 1. The Bertz CT molecular complexity index is 1730. The van der Waals surface area contributed by atoms with E-state index < -0.39 is 103 Å². The number of ether oxygens (including phenoxy) is 6. The molecule has 15 heteroatoms. The molecule has 54 heavy (non-hydrogen) atoms. The summed E-state index contributed by atoms with van der Waals surface area (Å²) in [4.78, 5) is 72.0. The van der Waals surface area contributed by atoms with Crippen molar-refractivity contribution in [2.75, 3.05) is 20.7 Å². The average molecular weight is 772 g/mol. The molecule has 0 aromatic heterocycles. The van der Waals surface area contributed by atoms with E-state index in [1.54, 1.807) is 58.0 Å². The van der Waals surface area contributed by atoms with E-state index in [1.807, 2.05) is 0 Å². The number of hydrogen-bond acceptors (Lipinski definition) is 13.